The highest BCUT2D eigenvalue weighted by Crippen LogP contribution is 2.40. The summed E-state index contributed by atoms with van der Waals surface area (Å²) in [7, 11) is 1.99. The molecular formula is C19H20N4O2. The Bertz CT molecular complexity index is 953. The predicted molar refractivity (Wildman–Crippen MR) is 92.2 cm³/mol. The summed E-state index contributed by atoms with van der Waals surface area (Å²) in [6.45, 7) is 0.736. The van der Waals surface area contributed by atoms with Gasteiger partial charge in [0, 0.05) is 42.2 Å². The van der Waals surface area contributed by atoms with E-state index in [1.807, 2.05) is 47.0 Å². The molecule has 1 amide bonds. The van der Waals surface area contributed by atoms with Gasteiger partial charge in [-0.3, -0.25) is 4.79 Å². The van der Waals surface area contributed by atoms with Crippen molar-refractivity contribution >= 4 is 16.8 Å². The maximum atomic E-state index is 13.2. The molecule has 3 aromatic rings. The minimum Gasteiger partial charge on any atom is -0.351 e. The lowest BCUT2D eigenvalue weighted by atomic mass is 10.1. The number of aryl methyl sites for hydroxylation is 1. The first-order valence-corrected chi connectivity index (χ1v) is 8.91. The van der Waals surface area contributed by atoms with E-state index in [2.05, 4.69) is 10.1 Å². The van der Waals surface area contributed by atoms with Crippen LogP contribution in [-0.2, 0) is 7.05 Å². The number of benzene rings is 1. The summed E-state index contributed by atoms with van der Waals surface area (Å²) in [6.07, 6.45) is 6.11. The van der Waals surface area contributed by atoms with Gasteiger partial charge in [-0.2, -0.15) is 4.98 Å². The van der Waals surface area contributed by atoms with Crippen molar-refractivity contribution in [1.82, 2.24) is 19.6 Å². The Balaban J connectivity index is 1.48. The lowest BCUT2D eigenvalue weighted by molar-refractivity contribution is 0.0730. The predicted octanol–water partition coefficient (Wildman–Crippen LogP) is 3.42. The van der Waals surface area contributed by atoms with Gasteiger partial charge in [-0.25, -0.2) is 0 Å². The van der Waals surface area contributed by atoms with Gasteiger partial charge >= 0.3 is 0 Å². The molecule has 0 unspecified atom stereocenters. The topological polar surface area (TPSA) is 64.2 Å². The fourth-order valence-corrected chi connectivity index (χ4v) is 3.80. The molecule has 1 aromatic carbocycles. The van der Waals surface area contributed by atoms with E-state index in [1.165, 1.54) is 0 Å². The first-order valence-electron chi connectivity index (χ1n) is 8.91. The van der Waals surface area contributed by atoms with Crippen LogP contribution >= 0.6 is 0 Å². The van der Waals surface area contributed by atoms with Crippen molar-refractivity contribution < 1.29 is 9.32 Å². The molecule has 25 heavy (non-hydrogen) atoms. The Hall–Kier alpha value is -2.63. The highest BCUT2D eigenvalue weighted by molar-refractivity contribution is 6.06. The third kappa shape index (κ3) is 2.35. The molecule has 6 nitrogen and oxygen atoms in total. The molecule has 2 aromatic heterocycles. The third-order valence-electron chi connectivity index (χ3n) is 5.35. The van der Waals surface area contributed by atoms with Crippen molar-refractivity contribution in [2.75, 3.05) is 6.54 Å². The molecule has 6 heteroatoms. The summed E-state index contributed by atoms with van der Waals surface area (Å²) in [4.78, 5) is 19.7. The van der Waals surface area contributed by atoms with Crippen molar-refractivity contribution in [3.63, 3.8) is 0 Å². The van der Waals surface area contributed by atoms with Gasteiger partial charge < -0.3 is 14.0 Å². The zero-order chi connectivity index (χ0) is 17.0. The minimum absolute atomic E-state index is 0.0528. The zero-order valence-corrected chi connectivity index (χ0v) is 14.2. The number of fused-ring (bicyclic) bond motifs is 1. The second-order valence-corrected chi connectivity index (χ2v) is 7.09. The highest BCUT2D eigenvalue weighted by Gasteiger charge is 2.36. The van der Waals surface area contributed by atoms with Crippen LogP contribution in [-0.4, -0.2) is 32.1 Å². The van der Waals surface area contributed by atoms with Crippen LogP contribution in [0.4, 0.5) is 0 Å². The van der Waals surface area contributed by atoms with Gasteiger partial charge in [0.25, 0.3) is 5.91 Å². The van der Waals surface area contributed by atoms with Gasteiger partial charge in [0.1, 0.15) is 0 Å². The number of hydrogen-bond acceptors (Lipinski definition) is 4. The molecule has 1 saturated carbocycles. The van der Waals surface area contributed by atoms with Crippen LogP contribution in [0.25, 0.3) is 10.9 Å². The minimum atomic E-state index is -0.0808. The van der Waals surface area contributed by atoms with Crippen LogP contribution in [0.5, 0.6) is 0 Å². The number of nitrogens with zero attached hydrogens (tertiary/aromatic N) is 4. The normalized spacial score (nSPS) is 20.5. The Labute approximate surface area is 145 Å². The summed E-state index contributed by atoms with van der Waals surface area (Å²) in [5.74, 6) is 1.88. The average Bonchev–Trinajstić information content (AvgIpc) is 3.04. The van der Waals surface area contributed by atoms with Crippen molar-refractivity contribution in [1.29, 1.82) is 0 Å². The molecule has 1 saturated heterocycles. The summed E-state index contributed by atoms with van der Waals surface area (Å²) in [6, 6.07) is 7.82. The van der Waals surface area contributed by atoms with E-state index < -0.39 is 0 Å². The van der Waals surface area contributed by atoms with Gasteiger partial charge in [-0.1, -0.05) is 11.2 Å². The number of hydrogen-bond donors (Lipinski definition) is 0. The van der Waals surface area contributed by atoms with Gasteiger partial charge in [0.05, 0.1) is 6.04 Å². The van der Waals surface area contributed by atoms with E-state index in [4.69, 9.17) is 4.52 Å². The quantitative estimate of drug-likeness (QED) is 0.735. The molecule has 1 atom stereocenters. The summed E-state index contributed by atoms with van der Waals surface area (Å²) < 4.78 is 7.44. The first-order chi connectivity index (χ1) is 12.2. The van der Waals surface area contributed by atoms with Crippen molar-refractivity contribution in [3.05, 3.63) is 47.7 Å². The number of aromatic nitrogens is 3. The highest BCUT2D eigenvalue weighted by atomic mass is 16.5. The van der Waals surface area contributed by atoms with Crippen LogP contribution in [0.15, 0.2) is 35.0 Å². The molecule has 1 aliphatic heterocycles. The maximum absolute atomic E-state index is 13.2. The molecule has 1 aliphatic carbocycles. The molecule has 0 radical (unpaired) electrons. The Kier molecular flexibility index (Phi) is 3.20. The maximum Gasteiger partial charge on any atom is 0.255 e. The van der Waals surface area contributed by atoms with Crippen LogP contribution in [0, 0.1) is 0 Å². The van der Waals surface area contributed by atoms with E-state index in [1.54, 1.807) is 0 Å². The van der Waals surface area contributed by atoms with Gasteiger partial charge in [-0.05, 0) is 43.9 Å². The summed E-state index contributed by atoms with van der Waals surface area (Å²) >= 11 is 0. The second kappa shape index (κ2) is 5.44. The zero-order valence-electron chi connectivity index (χ0n) is 14.2. The van der Waals surface area contributed by atoms with E-state index in [9.17, 15) is 4.79 Å². The van der Waals surface area contributed by atoms with Crippen molar-refractivity contribution in [3.8, 4) is 0 Å². The fourth-order valence-electron chi connectivity index (χ4n) is 3.80. The van der Waals surface area contributed by atoms with Crippen LogP contribution in [0.1, 0.15) is 59.7 Å². The molecule has 2 fully saturated rings. The molecule has 2 aliphatic rings. The van der Waals surface area contributed by atoms with Crippen molar-refractivity contribution in [2.24, 2.45) is 7.05 Å². The third-order valence-corrected chi connectivity index (χ3v) is 5.35. The molecular weight excluding hydrogens is 316 g/mol. The summed E-state index contributed by atoms with van der Waals surface area (Å²) in [5.41, 5.74) is 1.81. The number of likely N-dealkylation sites (tertiary alicyclic amines) is 1. The molecule has 0 spiro atoms. The standard InChI is InChI=1S/C19H20N4O2/c1-22-11-9-13-14(4-2-5-15(13)22)19(24)23-10-3-6-16(23)17-20-18(25-21-17)12-7-8-12/h2,4-5,9,11-12,16H,3,6-8,10H2,1H3/t16-/m0/s1. The lowest BCUT2D eigenvalue weighted by Crippen LogP contribution is -2.31. The van der Waals surface area contributed by atoms with E-state index in [-0.39, 0.29) is 11.9 Å². The number of carbonyl (C=O) groups is 1. The monoisotopic (exact) mass is 336 g/mol. The molecule has 0 N–H and O–H groups in total. The first kappa shape index (κ1) is 14.7. The Morgan fingerprint density at radius 3 is 2.96 bits per heavy atom. The fraction of sp³-hybridized carbons (Fsp3) is 0.421. The molecule has 3 heterocycles. The molecule has 0 bridgehead atoms. The van der Waals surface area contributed by atoms with Gasteiger partial charge in [0.2, 0.25) is 5.89 Å². The smallest absolute Gasteiger partial charge is 0.255 e. The largest absolute Gasteiger partial charge is 0.351 e. The van der Waals surface area contributed by atoms with Crippen LogP contribution in [0.2, 0.25) is 0 Å². The summed E-state index contributed by atoms with van der Waals surface area (Å²) in [5, 5.41) is 5.16. The number of rotatable bonds is 3. The molecule has 128 valence electrons. The number of amides is 1. The number of carbonyl (C=O) groups excluding carboxylic acids is 1. The SMILES string of the molecule is Cn1ccc2c(C(=O)N3CCC[C@H]3c3noc(C4CC4)n3)cccc21. The Morgan fingerprint density at radius 2 is 2.12 bits per heavy atom. The van der Waals surface area contributed by atoms with Crippen LogP contribution in [0.3, 0.4) is 0 Å². The average molecular weight is 336 g/mol. The van der Waals surface area contributed by atoms with Crippen molar-refractivity contribution in [2.45, 2.75) is 37.6 Å². The van der Waals surface area contributed by atoms with Gasteiger partial charge in [-0.15, -0.1) is 0 Å². The lowest BCUT2D eigenvalue weighted by Gasteiger charge is -2.22. The van der Waals surface area contributed by atoms with E-state index in [0.717, 1.165) is 54.6 Å². The molecule has 5 rings (SSSR count). The van der Waals surface area contributed by atoms with E-state index in [0.29, 0.717) is 11.7 Å². The van der Waals surface area contributed by atoms with Crippen LogP contribution < -0.4 is 0 Å². The second-order valence-electron chi connectivity index (χ2n) is 7.09. The van der Waals surface area contributed by atoms with Gasteiger partial charge in [0.15, 0.2) is 5.82 Å². The Morgan fingerprint density at radius 1 is 1.24 bits per heavy atom. The van der Waals surface area contributed by atoms with E-state index >= 15 is 0 Å².